The van der Waals surface area contributed by atoms with Crippen molar-refractivity contribution in [2.45, 2.75) is 38.5 Å². The van der Waals surface area contributed by atoms with Crippen LogP contribution in [0.25, 0.3) is 0 Å². The number of nitrogens with one attached hydrogen (secondary N) is 2. The van der Waals surface area contributed by atoms with Crippen molar-refractivity contribution in [3.8, 4) is 5.75 Å². The molecule has 0 radical (unpaired) electrons. The lowest BCUT2D eigenvalue weighted by Gasteiger charge is -2.17. The first kappa shape index (κ1) is 22.8. The van der Waals surface area contributed by atoms with Gasteiger partial charge in [0.15, 0.2) is 0 Å². The predicted molar refractivity (Wildman–Crippen MR) is 131 cm³/mol. The van der Waals surface area contributed by atoms with Crippen LogP contribution in [0.3, 0.4) is 0 Å². The highest BCUT2D eigenvalue weighted by molar-refractivity contribution is 7.92. The molecule has 33 heavy (non-hydrogen) atoms. The number of rotatable bonds is 7. The molecule has 0 atom stereocenters. The van der Waals surface area contributed by atoms with Crippen molar-refractivity contribution >= 4 is 33.2 Å². The van der Waals surface area contributed by atoms with Crippen molar-refractivity contribution in [2.24, 2.45) is 0 Å². The van der Waals surface area contributed by atoms with Crippen molar-refractivity contribution in [3.63, 3.8) is 0 Å². The van der Waals surface area contributed by atoms with Gasteiger partial charge in [0.2, 0.25) is 5.95 Å². The summed E-state index contributed by atoms with van der Waals surface area (Å²) in [6, 6.07) is 12.3. The van der Waals surface area contributed by atoms with Crippen LogP contribution in [0, 0.1) is 20.8 Å². The zero-order valence-corrected chi connectivity index (χ0v) is 20.2. The molecule has 0 spiro atoms. The molecular weight excluding hydrogens is 438 g/mol. The highest BCUT2D eigenvalue weighted by Gasteiger charge is 2.20. The molecule has 0 saturated carbocycles. The van der Waals surface area contributed by atoms with Gasteiger partial charge in [-0.1, -0.05) is 6.07 Å². The van der Waals surface area contributed by atoms with E-state index in [9.17, 15) is 8.42 Å². The van der Waals surface area contributed by atoms with E-state index in [-0.39, 0.29) is 4.90 Å². The average molecular weight is 468 g/mol. The first-order valence-electron chi connectivity index (χ1n) is 10.9. The Balaban J connectivity index is 1.50. The third-order valence-corrected chi connectivity index (χ3v) is 7.15. The van der Waals surface area contributed by atoms with Crippen molar-refractivity contribution in [2.75, 3.05) is 35.1 Å². The van der Waals surface area contributed by atoms with E-state index >= 15 is 0 Å². The topological polar surface area (TPSA) is 96.5 Å². The van der Waals surface area contributed by atoms with Gasteiger partial charge in [0.05, 0.1) is 12.0 Å². The lowest BCUT2D eigenvalue weighted by atomic mass is 10.1. The van der Waals surface area contributed by atoms with Crippen LogP contribution in [0.1, 0.15) is 29.7 Å². The van der Waals surface area contributed by atoms with Gasteiger partial charge in [-0.3, -0.25) is 4.72 Å². The Morgan fingerprint density at radius 2 is 1.58 bits per heavy atom. The molecule has 2 N–H and O–H groups in total. The van der Waals surface area contributed by atoms with E-state index in [2.05, 4.69) is 24.9 Å². The number of aryl methyl sites for hydroxylation is 3. The molecular formula is C24H29N5O3S. The summed E-state index contributed by atoms with van der Waals surface area (Å²) < 4.78 is 33.9. The normalized spacial score (nSPS) is 13.8. The molecule has 1 aliphatic heterocycles. The standard InChI is InChI=1S/C24H29N5O3S/c1-16-13-17(2)22(15-21(16)32-4)33(30,31)28-20-9-7-19(8-10-20)26-23-14-18(3)25-24(27-23)29-11-5-6-12-29/h7-10,13-15,28H,5-6,11-12H2,1-4H3,(H,25,26,27). The number of hydrogen-bond donors (Lipinski definition) is 2. The SMILES string of the molecule is COc1cc(S(=O)(=O)Nc2ccc(Nc3cc(C)nc(N4CCCC4)n3)cc2)c(C)cc1C. The minimum Gasteiger partial charge on any atom is -0.496 e. The number of aromatic nitrogens is 2. The number of ether oxygens (including phenoxy) is 1. The molecule has 1 aromatic heterocycles. The first-order valence-corrected chi connectivity index (χ1v) is 12.4. The number of nitrogens with zero attached hydrogens (tertiary/aromatic N) is 3. The maximum Gasteiger partial charge on any atom is 0.262 e. The van der Waals surface area contributed by atoms with Gasteiger partial charge in [0.25, 0.3) is 10.0 Å². The van der Waals surface area contributed by atoms with Crippen molar-refractivity contribution < 1.29 is 13.2 Å². The molecule has 2 aromatic carbocycles. The second kappa shape index (κ2) is 9.27. The van der Waals surface area contributed by atoms with Crippen molar-refractivity contribution in [1.29, 1.82) is 0 Å². The molecule has 1 fully saturated rings. The largest absolute Gasteiger partial charge is 0.496 e. The van der Waals surface area contributed by atoms with Crippen molar-refractivity contribution in [1.82, 2.24) is 9.97 Å². The van der Waals surface area contributed by atoms with Crippen LogP contribution in [0.15, 0.2) is 47.4 Å². The highest BCUT2D eigenvalue weighted by Crippen LogP contribution is 2.28. The molecule has 4 rings (SSSR count). The number of benzene rings is 2. The van der Waals surface area contributed by atoms with E-state index in [1.54, 1.807) is 31.2 Å². The Hall–Kier alpha value is -3.33. The van der Waals surface area contributed by atoms with E-state index in [1.807, 2.05) is 32.0 Å². The van der Waals surface area contributed by atoms with E-state index < -0.39 is 10.0 Å². The average Bonchev–Trinajstić information content (AvgIpc) is 3.29. The summed E-state index contributed by atoms with van der Waals surface area (Å²) in [7, 11) is -2.23. The fourth-order valence-electron chi connectivity index (χ4n) is 3.98. The zero-order valence-electron chi connectivity index (χ0n) is 19.3. The quantitative estimate of drug-likeness (QED) is 0.526. The van der Waals surface area contributed by atoms with Gasteiger partial charge in [-0.25, -0.2) is 13.4 Å². The number of anilines is 4. The monoisotopic (exact) mass is 467 g/mol. The van der Waals surface area contributed by atoms with Crippen LogP contribution in [0.2, 0.25) is 0 Å². The Kier molecular flexibility index (Phi) is 6.42. The Morgan fingerprint density at radius 3 is 2.24 bits per heavy atom. The van der Waals surface area contributed by atoms with E-state index in [0.29, 0.717) is 22.8 Å². The van der Waals surface area contributed by atoms with E-state index in [1.165, 1.54) is 7.11 Å². The van der Waals surface area contributed by atoms with Crippen LogP contribution >= 0.6 is 0 Å². The van der Waals surface area contributed by atoms with Gasteiger partial charge < -0.3 is 15.0 Å². The number of hydrogen-bond acceptors (Lipinski definition) is 7. The molecule has 2 heterocycles. The number of methoxy groups -OCH3 is 1. The smallest absolute Gasteiger partial charge is 0.262 e. The first-order chi connectivity index (χ1) is 15.7. The summed E-state index contributed by atoms with van der Waals surface area (Å²) in [5.74, 6) is 1.98. The molecule has 1 aliphatic rings. The minimum atomic E-state index is -3.76. The maximum atomic E-state index is 13.0. The molecule has 0 unspecified atom stereocenters. The van der Waals surface area contributed by atoms with Gasteiger partial charge in [0.1, 0.15) is 11.6 Å². The molecule has 0 aliphatic carbocycles. The van der Waals surface area contributed by atoms with Crippen LogP contribution < -0.4 is 19.7 Å². The highest BCUT2D eigenvalue weighted by atomic mass is 32.2. The van der Waals surface area contributed by atoms with E-state index in [0.717, 1.165) is 48.8 Å². The molecule has 1 saturated heterocycles. The molecule has 0 bridgehead atoms. The maximum absolute atomic E-state index is 13.0. The van der Waals surface area contributed by atoms with Crippen LogP contribution in [0.5, 0.6) is 5.75 Å². The Bertz CT molecular complexity index is 1250. The zero-order chi connectivity index (χ0) is 23.6. The molecule has 8 nitrogen and oxygen atoms in total. The predicted octanol–water partition coefficient (Wildman–Crippen LogP) is 4.56. The Morgan fingerprint density at radius 1 is 0.909 bits per heavy atom. The lowest BCUT2D eigenvalue weighted by molar-refractivity contribution is 0.410. The second-order valence-corrected chi connectivity index (χ2v) is 9.93. The summed E-state index contributed by atoms with van der Waals surface area (Å²) in [4.78, 5) is 11.6. The summed E-state index contributed by atoms with van der Waals surface area (Å²) in [6.07, 6.45) is 2.32. The van der Waals surface area contributed by atoms with Crippen molar-refractivity contribution in [3.05, 3.63) is 59.3 Å². The summed E-state index contributed by atoms with van der Waals surface area (Å²) in [5, 5.41) is 3.29. The summed E-state index contributed by atoms with van der Waals surface area (Å²) >= 11 is 0. The van der Waals surface area contributed by atoms with Gasteiger partial charge in [-0.2, -0.15) is 4.98 Å². The molecule has 3 aromatic rings. The van der Waals surface area contributed by atoms with Gasteiger partial charge >= 0.3 is 0 Å². The second-order valence-electron chi connectivity index (χ2n) is 8.28. The van der Waals surface area contributed by atoms with Gasteiger partial charge in [-0.05, 0) is 69.0 Å². The van der Waals surface area contributed by atoms with Gasteiger partial charge in [0, 0.05) is 42.3 Å². The van der Waals surface area contributed by atoms with Crippen LogP contribution in [-0.2, 0) is 10.0 Å². The number of sulfonamides is 1. The van der Waals surface area contributed by atoms with Crippen LogP contribution in [-0.4, -0.2) is 38.6 Å². The third kappa shape index (κ3) is 5.19. The fourth-order valence-corrected chi connectivity index (χ4v) is 5.28. The van der Waals surface area contributed by atoms with Gasteiger partial charge in [-0.15, -0.1) is 0 Å². The molecule has 0 amide bonds. The summed E-state index contributed by atoms with van der Waals surface area (Å²) in [5.41, 5.74) is 3.71. The Labute approximate surface area is 195 Å². The molecule has 9 heteroatoms. The molecule has 174 valence electrons. The minimum absolute atomic E-state index is 0.193. The van der Waals surface area contributed by atoms with Crippen LogP contribution in [0.4, 0.5) is 23.1 Å². The fraction of sp³-hybridized carbons (Fsp3) is 0.333. The lowest BCUT2D eigenvalue weighted by Crippen LogP contribution is -2.21. The van der Waals surface area contributed by atoms with E-state index in [4.69, 9.17) is 4.74 Å². The summed E-state index contributed by atoms with van der Waals surface area (Å²) in [6.45, 7) is 7.56. The third-order valence-electron chi connectivity index (χ3n) is 5.62.